The van der Waals surface area contributed by atoms with Gasteiger partial charge in [0.25, 0.3) is 0 Å². The maximum atomic E-state index is 11.5. The molecule has 5 nitrogen and oxygen atoms in total. The fourth-order valence-corrected chi connectivity index (χ4v) is 3.90. The quantitative estimate of drug-likeness (QED) is 0.739. The number of thiazole rings is 1. The van der Waals surface area contributed by atoms with Gasteiger partial charge in [0.05, 0.1) is 24.6 Å². The topological polar surface area (TPSA) is 60.5 Å². The molecule has 1 aromatic carbocycles. The highest BCUT2D eigenvalue weighted by Crippen LogP contribution is 2.36. The van der Waals surface area contributed by atoms with E-state index in [1.54, 1.807) is 13.2 Å². The second kappa shape index (κ2) is 5.71. The minimum Gasteiger partial charge on any atom is -0.495 e. The van der Waals surface area contributed by atoms with E-state index in [2.05, 4.69) is 10.3 Å². The van der Waals surface area contributed by atoms with Gasteiger partial charge >= 0.3 is 5.97 Å². The zero-order valence-corrected chi connectivity index (χ0v) is 13.0. The standard InChI is InChI=1S/C14H12N2O3S2/c1-18-9-6-4-3-5-8(9)15-14-16-12-10(21-14)7-11(20-12)13(17)19-2/h3-7H,1-2H3,(H,15,16). The number of hydrogen-bond donors (Lipinski definition) is 1. The van der Waals surface area contributed by atoms with Gasteiger partial charge in [-0.3, -0.25) is 0 Å². The van der Waals surface area contributed by atoms with Crippen LogP contribution in [0, 0.1) is 0 Å². The van der Waals surface area contributed by atoms with Crippen molar-refractivity contribution in [2.45, 2.75) is 0 Å². The second-order valence-electron chi connectivity index (χ2n) is 4.12. The average Bonchev–Trinajstić information content (AvgIpc) is 3.05. The van der Waals surface area contributed by atoms with Crippen LogP contribution >= 0.6 is 22.7 Å². The van der Waals surface area contributed by atoms with Crippen LogP contribution in [0.3, 0.4) is 0 Å². The number of aromatic nitrogens is 1. The highest BCUT2D eigenvalue weighted by Gasteiger charge is 2.14. The molecule has 0 atom stereocenters. The van der Waals surface area contributed by atoms with E-state index in [0.717, 1.165) is 26.1 Å². The lowest BCUT2D eigenvalue weighted by Gasteiger charge is -2.07. The number of thiophene rings is 1. The van der Waals surface area contributed by atoms with Gasteiger partial charge < -0.3 is 14.8 Å². The molecule has 21 heavy (non-hydrogen) atoms. The summed E-state index contributed by atoms with van der Waals surface area (Å²) in [6.45, 7) is 0. The van der Waals surface area contributed by atoms with Crippen LogP contribution in [-0.4, -0.2) is 25.2 Å². The third kappa shape index (κ3) is 2.70. The van der Waals surface area contributed by atoms with Gasteiger partial charge in [-0.15, -0.1) is 11.3 Å². The van der Waals surface area contributed by atoms with Crippen molar-refractivity contribution in [1.82, 2.24) is 4.98 Å². The predicted molar refractivity (Wildman–Crippen MR) is 85.1 cm³/mol. The van der Waals surface area contributed by atoms with Gasteiger partial charge in [-0.2, -0.15) is 0 Å². The van der Waals surface area contributed by atoms with E-state index in [9.17, 15) is 4.79 Å². The first-order valence-electron chi connectivity index (χ1n) is 6.10. The van der Waals surface area contributed by atoms with E-state index in [0.29, 0.717) is 4.88 Å². The lowest BCUT2D eigenvalue weighted by molar-refractivity contribution is 0.0606. The van der Waals surface area contributed by atoms with E-state index in [4.69, 9.17) is 9.47 Å². The van der Waals surface area contributed by atoms with Crippen molar-refractivity contribution in [2.75, 3.05) is 19.5 Å². The van der Waals surface area contributed by atoms with E-state index in [1.807, 2.05) is 24.3 Å². The van der Waals surface area contributed by atoms with Crippen LogP contribution in [0.25, 0.3) is 9.53 Å². The number of fused-ring (bicyclic) bond motifs is 1. The second-order valence-corrected chi connectivity index (χ2v) is 6.18. The number of carbonyl (C=O) groups is 1. The molecule has 0 saturated carbocycles. The number of carbonyl (C=O) groups excluding carboxylic acids is 1. The summed E-state index contributed by atoms with van der Waals surface area (Å²) in [5, 5.41) is 4.00. The molecule has 0 bridgehead atoms. The van der Waals surface area contributed by atoms with Crippen molar-refractivity contribution in [3.63, 3.8) is 0 Å². The number of nitrogens with one attached hydrogen (secondary N) is 1. The molecule has 0 fully saturated rings. The summed E-state index contributed by atoms with van der Waals surface area (Å²) >= 11 is 2.81. The number of nitrogens with zero attached hydrogens (tertiary/aromatic N) is 1. The molecule has 0 aliphatic rings. The van der Waals surface area contributed by atoms with E-state index < -0.39 is 0 Å². The Balaban J connectivity index is 1.88. The molecule has 0 amide bonds. The van der Waals surface area contributed by atoms with Gasteiger partial charge in [-0.1, -0.05) is 23.5 Å². The molecule has 3 aromatic rings. The number of hydrogen-bond acceptors (Lipinski definition) is 7. The molecule has 2 aromatic heterocycles. The molecule has 0 radical (unpaired) electrons. The van der Waals surface area contributed by atoms with E-state index in [-0.39, 0.29) is 5.97 Å². The van der Waals surface area contributed by atoms with Crippen molar-refractivity contribution >= 4 is 49.0 Å². The van der Waals surface area contributed by atoms with Crippen molar-refractivity contribution in [3.8, 4) is 5.75 Å². The monoisotopic (exact) mass is 320 g/mol. The highest BCUT2D eigenvalue weighted by molar-refractivity contribution is 7.29. The Morgan fingerprint density at radius 3 is 2.76 bits per heavy atom. The zero-order chi connectivity index (χ0) is 14.8. The Morgan fingerprint density at radius 2 is 2.05 bits per heavy atom. The first-order chi connectivity index (χ1) is 10.2. The lowest BCUT2D eigenvalue weighted by Crippen LogP contribution is -1.96. The van der Waals surface area contributed by atoms with Crippen molar-refractivity contribution in [3.05, 3.63) is 35.2 Å². The molecule has 0 spiro atoms. The molecular weight excluding hydrogens is 308 g/mol. The van der Waals surface area contributed by atoms with Crippen molar-refractivity contribution in [2.24, 2.45) is 0 Å². The van der Waals surface area contributed by atoms with Gasteiger partial charge in [0.1, 0.15) is 15.5 Å². The number of anilines is 2. The van der Waals surface area contributed by atoms with Crippen LogP contribution in [0.1, 0.15) is 9.67 Å². The molecule has 1 N–H and O–H groups in total. The van der Waals surface area contributed by atoms with Crippen LogP contribution in [-0.2, 0) is 4.74 Å². The summed E-state index contributed by atoms with van der Waals surface area (Å²) in [7, 11) is 3.00. The van der Waals surface area contributed by atoms with Crippen LogP contribution in [0.5, 0.6) is 5.75 Å². The number of methoxy groups -OCH3 is 2. The summed E-state index contributed by atoms with van der Waals surface area (Å²) in [6.07, 6.45) is 0. The maximum absolute atomic E-state index is 11.5. The Kier molecular flexibility index (Phi) is 3.76. The highest BCUT2D eigenvalue weighted by atomic mass is 32.1. The number of para-hydroxylation sites is 2. The Morgan fingerprint density at radius 1 is 1.24 bits per heavy atom. The van der Waals surface area contributed by atoms with Crippen LogP contribution in [0.15, 0.2) is 30.3 Å². The van der Waals surface area contributed by atoms with Gasteiger partial charge in [-0.25, -0.2) is 9.78 Å². The SMILES string of the molecule is COC(=O)c1cc2sc(Nc3ccccc3OC)nc2s1. The molecule has 0 saturated heterocycles. The molecule has 108 valence electrons. The van der Waals surface area contributed by atoms with Crippen molar-refractivity contribution in [1.29, 1.82) is 0 Å². The molecule has 0 aliphatic carbocycles. The normalized spacial score (nSPS) is 10.6. The first kappa shape index (κ1) is 13.8. The third-order valence-electron chi connectivity index (χ3n) is 2.82. The van der Waals surface area contributed by atoms with Crippen LogP contribution < -0.4 is 10.1 Å². The van der Waals surface area contributed by atoms with E-state index >= 15 is 0 Å². The summed E-state index contributed by atoms with van der Waals surface area (Å²) in [5.74, 6) is 0.427. The largest absolute Gasteiger partial charge is 0.495 e. The molecule has 0 aliphatic heterocycles. The molecule has 3 rings (SSSR count). The molecular formula is C14H12N2O3S2. The van der Waals surface area contributed by atoms with Gasteiger partial charge in [0.2, 0.25) is 0 Å². The Bertz CT molecular complexity index is 763. The Hall–Kier alpha value is -2.12. The number of ether oxygens (including phenoxy) is 2. The van der Waals surface area contributed by atoms with Gasteiger partial charge in [0.15, 0.2) is 5.13 Å². The van der Waals surface area contributed by atoms with Crippen LogP contribution in [0.4, 0.5) is 10.8 Å². The Labute approximate surface area is 129 Å². The summed E-state index contributed by atoms with van der Waals surface area (Å²) < 4.78 is 11.0. The van der Waals surface area contributed by atoms with E-state index in [1.165, 1.54) is 29.8 Å². The minimum atomic E-state index is -0.329. The number of rotatable bonds is 4. The molecule has 2 heterocycles. The van der Waals surface area contributed by atoms with Gasteiger partial charge in [0, 0.05) is 0 Å². The number of esters is 1. The third-order valence-corrected chi connectivity index (χ3v) is 4.88. The average molecular weight is 320 g/mol. The maximum Gasteiger partial charge on any atom is 0.348 e. The predicted octanol–water partition coefficient (Wildman–Crippen LogP) is 3.90. The summed E-state index contributed by atoms with van der Waals surface area (Å²) in [5.41, 5.74) is 0.856. The van der Waals surface area contributed by atoms with Crippen molar-refractivity contribution < 1.29 is 14.3 Å². The lowest BCUT2D eigenvalue weighted by atomic mass is 10.3. The fraction of sp³-hybridized carbons (Fsp3) is 0.143. The minimum absolute atomic E-state index is 0.329. The fourth-order valence-electron chi connectivity index (χ4n) is 1.85. The summed E-state index contributed by atoms with van der Waals surface area (Å²) in [6, 6.07) is 9.45. The molecule has 7 heteroatoms. The first-order valence-corrected chi connectivity index (χ1v) is 7.73. The zero-order valence-electron chi connectivity index (χ0n) is 11.4. The number of benzene rings is 1. The van der Waals surface area contributed by atoms with Crippen LogP contribution in [0.2, 0.25) is 0 Å². The smallest absolute Gasteiger partial charge is 0.348 e. The summed E-state index contributed by atoms with van der Waals surface area (Å²) in [4.78, 5) is 17.3. The molecule has 0 unspecified atom stereocenters. The van der Waals surface area contributed by atoms with Gasteiger partial charge in [-0.05, 0) is 18.2 Å².